The third kappa shape index (κ3) is 4.29. The van der Waals surface area contributed by atoms with Crippen LogP contribution in [0.4, 0.5) is 10.1 Å². The Labute approximate surface area is 185 Å². The molecule has 0 aromatic heterocycles. The fraction of sp³-hybridized carbons (Fsp3) is 0.160. The maximum Gasteiger partial charge on any atom is 0.272 e. The Morgan fingerprint density at radius 1 is 1.03 bits per heavy atom. The van der Waals surface area contributed by atoms with Crippen LogP contribution in [0.3, 0.4) is 0 Å². The lowest BCUT2D eigenvalue weighted by atomic mass is 10.00. The molecule has 3 aromatic carbocycles. The molecule has 0 aliphatic carbocycles. The number of hydrogen-bond donors (Lipinski definition) is 2. The smallest absolute Gasteiger partial charge is 0.272 e. The number of anilines is 1. The van der Waals surface area contributed by atoms with E-state index in [0.29, 0.717) is 23.4 Å². The molecule has 2 amide bonds. The van der Waals surface area contributed by atoms with E-state index in [2.05, 4.69) is 10.3 Å². The van der Waals surface area contributed by atoms with Crippen molar-refractivity contribution in [2.24, 2.45) is 10.7 Å². The van der Waals surface area contributed by atoms with Crippen molar-refractivity contribution in [1.82, 2.24) is 5.32 Å². The van der Waals surface area contributed by atoms with Gasteiger partial charge in [0.15, 0.2) is 0 Å². The summed E-state index contributed by atoms with van der Waals surface area (Å²) in [4.78, 5) is 31.9. The Morgan fingerprint density at radius 2 is 1.66 bits per heavy atom. The molecule has 2 atom stereocenters. The number of benzene rings is 3. The van der Waals surface area contributed by atoms with E-state index in [0.717, 1.165) is 5.56 Å². The Balaban J connectivity index is 1.69. The van der Waals surface area contributed by atoms with Crippen LogP contribution in [0.1, 0.15) is 16.7 Å². The summed E-state index contributed by atoms with van der Waals surface area (Å²) >= 11 is 0. The Bertz CT molecular complexity index is 1180. The third-order valence-corrected chi connectivity index (χ3v) is 5.39. The van der Waals surface area contributed by atoms with Crippen LogP contribution in [0.25, 0.3) is 0 Å². The first-order chi connectivity index (χ1) is 15.5. The average Bonchev–Trinajstić information content (AvgIpc) is 2.91. The normalized spacial score (nSPS) is 16.6. The average molecular weight is 430 g/mol. The van der Waals surface area contributed by atoms with Gasteiger partial charge in [0.2, 0.25) is 12.1 Å². The number of fused-ring (bicyclic) bond motifs is 1. The van der Waals surface area contributed by atoms with Crippen LogP contribution < -0.4 is 16.0 Å². The van der Waals surface area contributed by atoms with E-state index in [4.69, 9.17) is 5.73 Å². The lowest BCUT2D eigenvalue weighted by Crippen LogP contribution is -2.51. The Hall–Kier alpha value is -3.84. The second-order valence-corrected chi connectivity index (χ2v) is 7.58. The number of carbonyl (C=O) groups is 2. The van der Waals surface area contributed by atoms with Crippen molar-refractivity contribution in [2.75, 3.05) is 11.9 Å². The molecule has 0 saturated carbocycles. The zero-order chi connectivity index (χ0) is 22.7. The molecule has 32 heavy (non-hydrogen) atoms. The third-order valence-electron chi connectivity index (χ3n) is 5.39. The van der Waals surface area contributed by atoms with Crippen molar-refractivity contribution < 1.29 is 14.0 Å². The van der Waals surface area contributed by atoms with E-state index < -0.39 is 29.8 Å². The molecule has 6 nitrogen and oxygen atoms in total. The van der Waals surface area contributed by atoms with Crippen molar-refractivity contribution in [3.05, 3.63) is 101 Å². The lowest BCUT2D eigenvalue weighted by Gasteiger charge is -2.22. The van der Waals surface area contributed by atoms with Crippen LogP contribution in [0, 0.1) is 5.82 Å². The summed E-state index contributed by atoms with van der Waals surface area (Å²) in [6.45, 7) is 0. The van der Waals surface area contributed by atoms with Gasteiger partial charge in [-0.15, -0.1) is 0 Å². The minimum atomic E-state index is -1.24. The van der Waals surface area contributed by atoms with E-state index in [1.54, 1.807) is 49.5 Å². The van der Waals surface area contributed by atoms with Gasteiger partial charge in [-0.05, 0) is 30.2 Å². The number of nitrogens with one attached hydrogen (secondary N) is 1. The zero-order valence-electron chi connectivity index (χ0n) is 17.5. The van der Waals surface area contributed by atoms with Gasteiger partial charge in [-0.25, -0.2) is 9.38 Å². The molecule has 0 fully saturated rings. The number of para-hydroxylation sites is 1. The van der Waals surface area contributed by atoms with Crippen LogP contribution in [0.5, 0.6) is 0 Å². The SMILES string of the molecule is CN1C(=O)C(NC(=O)C(N)Cc2ccccc2)N=C(c2ccccc2F)c2ccccc21. The van der Waals surface area contributed by atoms with E-state index in [-0.39, 0.29) is 5.56 Å². The van der Waals surface area contributed by atoms with Crippen molar-refractivity contribution in [2.45, 2.75) is 18.6 Å². The van der Waals surface area contributed by atoms with Gasteiger partial charge in [-0.1, -0.05) is 60.7 Å². The molecular weight excluding hydrogens is 407 g/mol. The molecule has 1 heterocycles. The van der Waals surface area contributed by atoms with Gasteiger partial charge in [0, 0.05) is 18.2 Å². The second-order valence-electron chi connectivity index (χ2n) is 7.58. The number of benzodiazepines with no additional fused rings is 1. The lowest BCUT2D eigenvalue weighted by molar-refractivity contribution is -0.128. The van der Waals surface area contributed by atoms with E-state index in [9.17, 15) is 14.0 Å². The van der Waals surface area contributed by atoms with Crippen molar-refractivity contribution >= 4 is 23.2 Å². The van der Waals surface area contributed by atoms with Gasteiger partial charge in [-0.2, -0.15) is 0 Å². The number of carbonyl (C=O) groups excluding carboxylic acids is 2. The van der Waals surface area contributed by atoms with E-state index >= 15 is 0 Å². The summed E-state index contributed by atoms with van der Waals surface area (Å²) in [5.41, 5.74) is 8.71. The highest BCUT2D eigenvalue weighted by atomic mass is 19.1. The Kier molecular flexibility index (Phi) is 6.09. The molecule has 0 radical (unpaired) electrons. The number of halogens is 1. The van der Waals surface area contributed by atoms with Gasteiger partial charge in [-0.3, -0.25) is 9.59 Å². The predicted molar refractivity (Wildman–Crippen MR) is 122 cm³/mol. The van der Waals surface area contributed by atoms with Gasteiger partial charge < -0.3 is 16.0 Å². The number of rotatable bonds is 5. The highest BCUT2D eigenvalue weighted by Gasteiger charge is 2.32. The number of aliphatic imine (C=N–C) groups is 1. The van der Waals surface area contributed by atoms with Crippen LogP contribution >= 0.6 is 0 Å². The first-order valence-corrected chi connectivity index (χ1v) is 10.3. The molecule has 1 aliphatic heterocycles. The molecule has 162 valence electrons. The van der Waals surface area contributed by atoms with Gasteiger partial charge in [0.25, 0.3) is 5.91 Å². The molecule has 0 bridgehead atoms. The zero-order valence-corrected chi connectivity index (χ0v) is 17.5. The fourth-order valence-electron chi connectivity index (χ4n) is 3.69. The first-order valence-electron chi connectivity index (χ1n) is 10.3. The molecule has 7 heteroatoms. The topological polar surface area (TPSA) is 87.8 Å². The first kappa shape index (κ1) is 21.4. The van der Waals surface area contributed by atoms with Gasteiger partial charge >= 0.3 is 0 Å². The molecule has 0 saturated heterocycles. The van der Waals surface area contributed by atoms with E-state index in [1.807, 2.05) is 30.3 Å². The second kappa shape index (κ2) is 9.11. The van der Waals surface area contributed by atoms with Crippen molar-refractivity contribution in [1.29, 1.82) is 0 Å². The predicted octanol–water partition coefficient (Wildman–Crippen LogP) is 2.65. The number of amides is 2. The molecular formula is C25H23FN4O2. The largest absolute Gasteiger partial charge is 0.325 e. The summed E-state index contributed by atoms with van der Waals surface area (Å²) in [7, 11) is 1.60. The molecule has 0 spiro atoms. The summed E-state index contributed by atoms with van der Waals surface area (Å²) in [5.74, 6) is -1.42. The Morgan fingerprint density at radius 3 is 2.38 bits per heavy atom. The summed E-state index contributed by atoms with van der Waals surface area (Å²) in [6.07, 6.45) is -0.926. The quantitative estimate of drug-likeness (QED) is 0.652. The monoisotopic (exact) mass is 430 g/mol. The van der Waals surface area contributed by atoms with Crippen LogP contribution in [-0.2, 0) is 16.0 Å². The number of nitrogens with two attached hydrogens (primary N) is 1. The number of nitrogens with zero attached hydrogens (tertiary/aromatic N) is 2. The van der Waals surface area contributed by atoms with E-state index in [1.165, 1.54) is 11.0 Å². The minimum absolute atomic E-state index is 0.246. The maximum absolute atomic E-state index is 14.7. The highest BCUT2D eigenvalue weighted by Crippen LogP contribution is 2.28. The van der Waals surface area contributed by atoms with Gasteiger partial charge in [0.1, 0.15) is 5.82 Å². The summed E-state index contributed by atoms with van der Waals surface area (Å²) in [6, 6.07) is 21.8. The van der Waals surface area contributed by atoms with Gasteiger partial charge in [0.05, 0.1) is 17.4 Å². The summed E-state index contributed by atoms with van der Waals surface area (Å²) < 4.78 is 14.7. The van der Waals surface area contributed by atoms with Crippen molar-refractivity contribution in [3.63, 3.8) is 0 Å². The fourth-order valence-corrected chi connectivity index (χ4v) is 3.69. The minimum Gasteiger partial charge on any atom is -0.325 e. The molecule has 4 rings (SSSR count). The highest BCUT2D eigenvalue weighted by molar-refractivity contribution is 6.20. The van der Waals surface area contributed by atoms with Crippen LogP contribution in [0.2, 0.25) is 0 Å². The van der Waals surface area contributed by atoms with Crippen LogP contribution in [0.15, 0.2) is 83.9 Å². The molecule has 2 unspecified atom stereocenters. The molecule has 3 aromatic rings. The van der Waals surface area contributed by atoms with Crippen LogP contribution in [-0.4, -0.2) is 36.8 Å². The number of hydrogen-bond acceptors (Lipinski definition) is 4. The summed E-state index contributed by atoms with van der Waals surface area (Å²) in [5, 5.41) is 2.65. The number of likely N-dealkylation sites (N-methyl/N-ethyl adjacent to an activating group) is 1. The maximum atomic E-state index is 14.7. The molecule has 1 aliphatic rings. The molecule has 3 N–H and O–H groups in total. The standard InChI is InChI=1S/C25H23FN4O2/c1-30-21-14-8-6-12-18(21)22(17-11-5-7-13-19(17)26)28-23(25(30)32)29-24(31)20(27)15-16-9-3-2-4-10-16/h2-14,20,23H,15,27H2,1H3,(H,29,31). The van der Waals surface area contributed by atoms with Crippen molar-refractivity contribution in [3.8, 4) is 0 Å².